The molecule has 0 aliphatic carbocycles. The van der Waals surface area contributed by atoms with E-state index in [1.807, 2.05) is 31.2 Å². The normalized spacial score (nSPS) is 23.6. The van der Waals surface area contributed by atoms with Gasteiger partial charge in [-0.05, 0) is 18.6 Å². The van der Waals surface area contributed by atoms with Crippen LogP contribution in [0.15, 0.2) is 24.3 Å². The highest BCUT2D eigenvalue weighted by Gasteiger charge is 2.28. The molecular weight excluding hydrogens is 216 g/mol. The largest absolute Gasteiger partial charge is 0.378 e. The summed E-state index contributed by atoms with van der Waals surface area (Å²) < 4.78 is 5.31. The van der Waals surface area contributed by atoms with Gasteiger partial charge in [-0.15, -0.1) is 0 Å². The van der Waals surface area contributed by atoms with Gasteiger partial charge in [0.2, 0.25) is 0 Å². The summed E-state index contributed by atoms with van der Waals surface area (Å²) in [6.45, 7) is 3.49. The molecule has 4 nitrogen and oxygen atoms in total. The van der Waals surface area contributed by atoms with Crippen LogP contribution in [0.4, 0.5) is 0 Å². The SMILES string of the molecule is CO[C@H]1CNCC1NC(=O)c1ccccc1C. The average Bonchev–Trinajstić information content (AvgIpc) is 2.76. The maximum absolute atomic E-state index is 12.1. The van der Waals surface area contributed by atoms with Gasteiger partial charge in [-0.3, -0.25) is 4.79 Å². The van der Waals surface area contributed by atoms with E-state index in [1.165, 1.54) is 0 Å². The van der Waals surface area contributed by atoms with Gasteiger partial charge in [0.1, 0.15) is 0 Å². The van der Waals surface area contributed by atoms with Gasteiger partial charge >= 0.3 is 0 Å². The summed E-state index contributed by atoms with van der Waals surface area (Å²) >= 11 is 0. The molecule has 0 aromatic heterocycles. The van der Waals surface area contributed by atoms with Crippen molar-refractivity contribution in [3.8, 4) is 0 Å². The number of methoxy groups -OCH3 is 1. The van der Waals surface area contributed by atoms with E-state index in [4.69, 9.17) is 4.74 Å². The Balaban J connectivity index is 2.04. The first kappa shape index (κ1) is 12.1. The van der Waals surface area contributed by atoms with Crippen LogP contribution in [0.3, 0.4) is 0 Å². The minimum absolute atomic E-state index is 0.0288. The maximum atomic E-state index is 12.1. The molecule has 0 radical (unpaired) electrons. The fourth-order valence-electron chi connectivity index (χ4n) is 2.12. The van der Waals surface area contributed by atoms with E-state index < -0.39 is 0 Å². The van der Waals surface area contributed by atoms with Gasteiger partial charge in [-0.25, -0.2) is 0 Å². The lowest BCUT2D eigenvalue weighted by Crippen LogP contribution is -2.43. The molecule has 1 saturated heterocycles. The number of hydrogen-bond acceptors (Lipinski definition) is 3. The highest BCUT2D eigenvalue weighted by atomic mass is 16.5. The molecule has 0 bridgehead atoms. The van der Waals surface area contributed by atoms with Gasteiger partial charge in [0.05, 0.1) is 12.1 Å². The van der Waals surface area contributed by atoms with Crippen LogP contribution in [0, 0.1) is 6.92 Å². The third-order valence-electron chi connectivity index (χ3n) is 3.17. The first-order chi connectivity index (χ1) is 8.22. The summed E-state index contributed by atoms with van der Waals surface area (Å²) in [5, 5.41) is 6.22. The second-order valence-corrected chi connectivity index (χ2v) is 4.33. The number of hydrogen-bond donors (Lipinski definition) is 2. The summed E-state index contributed by atoms with van der Waals surface area (Å²) in [4.78, 5) is 12.1. The van der Waals surface area contributed by atoms with Crippen molar-refractivity contribution in [3.63, 3.8) is 0 Å². The van der Waals surface area contributed by atoms with Crippen LogP contribution < -0.4 is 10.6 Å². The Morgan fingerprint density at radius 2 is 2.18 bits per heavy atom. The lowest BCUT2D eigenvalue weighted by atomic mass is 10.1. The molecule has 17 heavy (non-hydrogen) atoms. The number of carbonyl (C=O) groups excluding carboxylic acids is 1. The van der Waals surface area contributed by atoms with Crippen molar-refractivity contribution in [1.82, 2.24) is 10.6 Å². The zero-order chi connectivity index (χ0) is 12.3. The van der Waals surface area contributed by atoms with Gasteiger partial charge < -0.3 is 15.4 Å². The van der Waals surface area contributed by atoms with Crippen molar-refractivity contribution in [2.45, 2.75) is 19.1 Å². The highest BCUT2D eigenvalue weighted by Crippen LogP contribution is 2.09. The second kappa shape index (κ2) is 5.29. The molecule has 1 aliphatic heterocycles. The summed E-state index contributed by atoms with van der Waals surface area (Å²) in [7, 11) is 1.67. The van der Waals surface area contributed by atoms with E-state index >= 15 is 0 Å². The zero-order valence-corrected chi connectivity index (χ0v) is 10.2. The van der Waals surface area contributed by atoms with Crippen molar-refractivity contribution in [1.29, 1.82) is 0 Å². The Bertz CT molecular complexity index is 406. The smallest absolute Gasteiger partial charge is 0.251 e. The van der Waals surface area contributed by atoms with Gasteiger partial charge in [0.25, 0.3) is 5.91 Å². The van der Waals surface area contributed by atoms with Crippen molar-refractivity contribution in [3.05, 3.63) is 35.4 Å². The minimum Gasteiger partial charge on any atom is -0.378 e. The summed E-state index contributed by atoms with van der Waals surface area (Å²) in [5.41, 5.74) is 1.72. The number of rotatable bonds is 3. The number of carbonyl (C=O) groups is 1. The number of aryl methyl sites for hydroxylation is 1. The third-order valence-corrected chi connectivity index (χ3v) is 3.17. The minimum atomic E-state index is -0.0288. The van der Waals surface area contributed by atoms with Crippen LogP contribution in [-0.4, -0.2) is 38.3 Å². The summed E-state index contributed by atoms with van der Waals surface area (Å²) in [5.74, 6) is -0.0288. The molecule has 2 atom stereocenters. The van der Waals surface area contributed by atoms with Gasteiger partial charge in [0.15, 0.2) is 0 Å². The molecular formula is C13H18N2O2. The van der Waals surface area contributed by atoms with Crippen LogP contribution in [0.25, 0.3) is 0 Å². The predicted molar refractivity (Wildman–Crippen MR) is 66.1 cm³/mol. The number of nitrogens with one attached hydrogen (secondary N) is 2. The van der Waals surface area contributed by atoms with Crippen LogP contribution in [0.5, 0.6) is 0 Å². The molecule has 1 amide bonds. The van der Waals surface area contributed by atoms with E-state index in [9.17, 15) is 4.79 Å². The number of ether oxygens (including phenoxy) is 1. The van der Waals surface area contributed by atoms with E-state index in [0.29, 0.717) is 0 Å². The fourth-order valence-corrected chi connectivity index (χ4v) is 2.12. The Labute approximate surface area is 101 Å². The van der Waals surface area contributed by atoms with Crippen LogP contribution >= 0.6 is 0 Å². The second-order valence-electron chi connectivity index (χ2n) is 4.33. The Kier molecular flexibility index (Phi) is 3.76. The zero-order valence-electron chi connectivity index (χ0n) is 10.2. The summed E-state index contributed by atoms with van der Waals surface area (Å²) in [6.07, 6.45) is 0.0583. The first-order valence-electron chi connectivity index (χ1n) is 5.82. The topological polar surface area (TPSA) is 50.4 Å². The van der Waals surface area contributed by atoms with Crippen LogP contribution in [0.2, 0.25) is 0 Å². The molecule has 1 fully saturated rings. The van der Waals surface area contributed by atoms with Gasteiger partial charge in [0, 0.05) is 25.8 Å². The monoisotopic (exact) mass is 234 g/mol. The molecule has 1 aromatic rings. The van der Waals surface area contributed by atoms with E-state index in [1.54, 1.807) is 7.11 Å². The van der Waals surface area contributed by atoms with Crippen LogP contribution in [0.1, 0.15) is 15.9 Å². The highest BCUT2D eigenvalue weighted by molar-refractivity contribution is 5.95. The summed E-state index contributed by atoms with van der Waals surface area (Å²) in [6, 6.07) is 7.64. The van der Waals surface area contributed by atoms with Crippen molar-refractivity contribution >= 4 is 5.91 Å². The third kappa shape index (κ3) is 2.65. The maximum Gasteiger partial charge on any atom is 0.251 e. The number of amides is 1. The Hall–Kier alpha value is -1.39. The van der Waals surface area contributed by atoms with Crippen molar-refractivity contribution in [2.24, 2.45) is 0 Å². The Morgan fingerprint density at radius 1 is 1.41 bits per heavy atom. The molecule has 2 N–H and O–H groups in total. The lowest BCUT2D eigenvalue weighted by Gasteiger charge is -2.19. The standard InChI is InChI=1S/C13H18N2O2/c1-9-5-3-4-6-10(9)13(16)15-11-7-14-8-12(11)17-2/h3-6,11-12,14H,7-8H2,1-2H3,(H,15,16)/t11?,12-/m0/s1. The molecule has 4 heteroatoms. The molecule has 0 saturated carbocycles. The van der Waals surface area contributed by atoms with Crippen molar-refractivity contribution < 1.29 is 9.53 Å². The molecule has 0 spiro atoms. The quantitative estimate of drug-likeness (QED) is 0.810. The van der Waals surface area contributed by atoms with Gasteiger partial charge in [-0.2, -0.15) is 0 Å². The van der Waals surface area contributed by atoms with Gasteiger partial charge in [-0.1, -0.05) is 18.2 Å². The first-order valence-corrected chi connectivity index (χ1v) is 5.82. The fraction of sp³-hybridized carbons (Fsp3) is 0.462. The number of benzene rings is 1. The lowest BCUT2D eigenvalue weighted by molar-refractivity contribution is 0.0779. The molecule has 1 aromatic carbocycles. The van der Waals surface area contributed by atoms with Crippen LogP contribution in [-0.2, 0) is 4.74 Å². The van der Waals surface area contributed by atoms with E-state index in [0.717, 1.165) is 24.2 Å². The molecule has 1 aliphatic rings. The van der Waals surface area contributed by atoms with E-state index in [2.05, 4.69) is 10.6 Å². The molecule has 2 rings (SSSR count). The molecule has 1 unspecified atom stereocenters. The average molecular weight is 234 g/mol. The van der Waals surface area contributed by atoms with E-state index in [-0.39, 0.29) is 18.1 Å². The molecule has 1 heterocycles. The van der Waals surface area contributed by atoms with Crippen molar-refractivity contribution in [2.75, 3.05) is 20.2 Å². The molecule has 92 valence electrons. The Morgan fingerprint density at radius 3 is 2.88 bits per heavy atom. The predicted octanol–water partition coefficient (Wildman–Crippen LogP) is 0.712.